The van der Waals surface area contributed by atoms with Gasteiger partial charge in [0.15, 0.2) is 0 Å². The molecular weight excluding hydrogens is 294 g/mol. The largest absolute Gasteiger partial charge is 0.368 e. The summed E-state index contributed by atoms with van der Waals surface area (Å²) in [7, 11) is 0. The lowest BCUT2D eigenvalue weighted by Gasteiger charge is -2.26. The zero-order valence-electron chi connectivity index (χ0n) is 10.6. The summed E-state index contributed by atoms with van der Waals surface area (Å²) in [6.45, 7) is 0. The fraction of sp³-hybridized carbons (Fsp3) is 0.143. The standard InChI is InChI=1S/C14H14ClN3OS/c15-11-7-4-8-18-12(11)20-9-14(17,13(16)19)10-5-2-1-3-6-10/h1-8H,9,17H2,(H2,16,19). The Bertz CT molecular complexity index is 608. The SMILES string of the molecule is NC(=O)C(N)(CSc1ncccc1Cl)c1ccccc1. The monoisotopic (exact) mass is 307 g/mol. The smallest absolute Gasteiger partial charge is 0.243 e. The van der Waals surface area contributed by atoms with Gasteiger partial charge in [-0.15, -0.1) is 11.8 Å². The molecule has 1 atom stereocenters. The molecule has 1 aromatic carbocycles. The molecule has 0 saturated heterocycles. The third-order valence-electron chi connectivity index (χ3n) is 2.89. The molecule has 1 heterocycles. The molecule has 1 amide bonds. The molecule has 1 unspecified atom stereocenters. The van der Waals surface area contributed by atoms with Gasteiger partial charge in [-0.25, -0.2) is 4.98 Å². The topological polar surface area (TPSA) is 82.0 Å². The number of nitrogens with zero attached hydrogens (tertiary/aromatic N) is 1. The number of rotatable bonds is 5. The van der Waals surface area contributed by atoms with Crippen LogP contribution >= 0.6 is 23.4 Å². The van der Waals surface area contributed by atoms with Gasteiger partial charge in [0.1, 0.15) is 10.6 Å². The zero-order chi connectivity index (χ0) is 14.6. The van der Waals surface area contributed by atoms with Crippen LogP contribution in [0.3, 0.4) is 0 Å². The molecule has 20 heavy (non-hydrogen) atoms. The third kappa shape index (κ3) is 3.12. The van der Waals surface area contributed by atoms with E-state index in [-0.39, 0.29) is 5.75 Å². The molecule has 1 aromatic heterocycles. The quantitative estimate of drug-likeness (QED) is 0.829. The van der Waals surface area contributed by atoms with Crippen LogP contribution in [0.2, 0.25) is 5.02 Å². The highest BCUT2D eigenvalue weighted by atomic mass is 35.5. The summed E-state index contributed by atoms with van der Waals surface area (Å²) < 4.78 is 0. The van der Waals surface area contributed by atoms with Crippen molar-refractivity contribution in [3.05, 3.63) is 59.2 Å². The minimum atomic E-state index is -1.26. The Kier molecular flexibility index (Phi) is 4.65. The maximum absolute atomic E-state index is 11.8. The number of pyridine rings is 1. The fourth-order valence-electron chi connectivity index (χ4n) is 1.69. The van der Waals surface area contributed by atoms with Gasteiger partial charge in [-0.3, -0.25) is 4.79 Å². The van der Waals surface area contributed by atoms with E-state index in [4.69, 9.17) is 23.1 Å². The second-order valence-corrected chi connectivity index (χ2v) is 5.65. The van der Waals surface area contributed by atoms with Gasteiger partial charge in [-0.2, -0.15) is 0 Å². The van der Waals surface area contributed by atoms with Crippen LogP contribution in [-0.4, -0.2) is 16.6 Å². The van der Waals surface area contributed by atoms with Crippen molar-refractivity contribution in [2.75, 3.05) is 5.75 Å². The highest BCUT2D eigenvalue weighted by Gasteiger charge is 2.34. The maximum Gasteiger partial charge on any atom is 0.243 e. The molecule has 0 fully saturated rings. The van der Waals surface area contributed by atoms with Crippen LogP contribution in [-0.2, 0) is 10.3 Å². The lowest BCUT2D eigenvalue weighted by molar-refractivity contribution is -0.122. The van der Waals surface area contributed by atoms with Crippen LogP contribution in [0.25, 0.3) is 0 Å². The highest BCUT2D eigenvalue weighted by molar-refractivity contribution is 7.99. The fourth-order valence-corrected chi connectivity index (χ4v) is 2.99. The van der Waals surface area contributed by atoms with Gasteiger partial charge < -0.3 is 11.5 Å². The van der Waals surface area contributed by atoms with Crippen molar-refractivity contribution in [2.45, 2.75) is 10.6 Å². The van der Waals surface area contributed by atoms with Gasteiger partial charge in [0.25, 0.3) is 0 Å². The van der Waals surface area contributed by atoms with E-state index in [9.17, 15) is 4.79 Å². The molecule has 4 nitrogen and oxygen atoms in total. The summed E-state index contributed by atoms with van der Waals surface area (Å²) in [6.07, 6.45) is 1.64. The van der Waals surface area contributed by atoms with E-state index in [0.717, 1.165) is 0 Å². The number of amides is 1. The normalized spacial score (nSPS) is 13.7. The summed E-state index contributed by atoms with van der Waals surface area (Å²) in [5.74, 6) is -0.313. The van der Waals surface area contributed by atoms with Gasteiger partial charge >= 0.3 is 0 Å². The Morgan fingerprint density at radius 1 is 1.25 bits per heavy atom. The van der Waals surface area contributed by atoms with Gasteiger partial charge in [0.2, 0.25) is 5.91 Å². The molecule has 6 heteroatoms. The van der Waals surface area contributed by atoms with Gasteiger partial charge in [-0.1, -0.05) is 41.9 Å². The molecule has 0 aliphatic carbocycles. The molecule has 0 bridgehead atoms. The van der Waals surface area contributed by atoms with E-state index in [1.54, 1.807) is 30.5 Å². The van der Waals surface area contributed by atoms with E-state index < -0.39 is 11.4 Å². The number of benzene rings is 1. The lowest BCUT2D eigenvalue weighted by atomic mass is 9.92. The lowest BCUT2D eigenvalue weighted by Crippen LogP contribution is -2.51. The van der Waals surface area contributed by atoms with Crippen LogP contribution in [0.15, 0.2) is 53.7 Å². The van der Waals surface area contributed by atoms with E-state index in [1.807, 2.05) is 18.2 Å². The van der Waals surface area contributed by atoms with E-state index in [2.05, 4.69) is 4.98 Å². The van der Waals surface area contributed by atoms with Gasteiger partial charge in [0.05, 0.1) is 5.02 Å². The molecule has 0 aliphatic heterocycles. The first-order chi connectivity index (χ1) is 9.54. The van der Waals surface area contributed by atoms with Crippen molar-refractivity contribution in [2.24, 2.45) is 11.5 Å². The summed E-state index contributed by atoms with van der Waals surface area (Å²) in [6, 6.07) is 12.5. The van der Waals surface area contributed by atoms with Crippen molar-refractivity contribution in [3.8, 4) is 0 Å². The Morgan fingerprint density at radius 3 is 2.55 bits per heavy atom. The summed E-state index contributed by atoms with van der Waals surface area (Å²) in [4.78, 5) is 15.9. The Hall–Kier alpha value is -1.56. The van der Waals surface area contributed by atoms with Crippen LogP contribution < -0.4 is 11.5 Å². The summed E-state index contributed by atoms with van der Waals surface area (Å²) >= 11 is 7.35. The van der Waals surface area contributed by atoms with E-state index >= 15 is 0 Å². The van der Waals surface area contributed by atoms with Crippen molar-refractivity contribution in [3.63, 3.8) is 0 Å². The number of carbonyl (C=O) groups is 1. The van der Waals surface area contributed by atoms with Crippen molar-refractivity contribution >= 4 is 29.3 Å². The minimum absolute atomic E-state index is 0.267. The predicted octanol–water partition coefficient (Wildman–Crippen LogP) is 2.17. The number of nitrogens with two attached hydrogens (primary N) is 2. The average Bonchev–Trinajstić information content (AvgIpc) is 2.47. The van der Waals surface area contributed by atoms with Gasteiger partial charge in [0, 0.05) is 11.9 Å². The second-order valence-electron chi connectivity index (χ2n) is 4.28. The van der Waals surface area contributed by atoms with Crippen molar-refractivity contribution < 1.29 is 4.79 Å². The van der Waals surface area contributed by atoms with Crippen LogP contribution in [0.1, 0.15) is 5.56 Å². The number of primary amides is 1. The second kappa shape index (κ2) is 6.26. The van der Waals surface area contributed by atoms with E-state index in [1.165, 1.54) is 11.8 Å². The van der Waals surface area contributed by atoms with Crippen LogP contribution in [0.4, 0.5) is 0 Å². The first kappa shape index (κ1) is 14.8. The van der Waals surface area contributed by atoms with Crippen LogP contribution in [0.5, 0.6) is 0 Å². The molecule has 0 aliphatic rings. The number of halogens is 1. The molecule has 4 N–H and O–H groups in total. The number of hydrogen-bond acceptors (Lipinski definition) is 4. The zero-order valence-corrected chi connectivity index (χ0v) is 12.2. The first-order valence-corrected chi connectivity index (χ1v) is 7.28. The Morgan fingerprint density at radius 2 is 1.95 bits per heavy atom. The minimum Gasteiger partial charge on any atom is -0.368 e. The van der Waals surface area contributed by atoms with Crippen LogP contribution in [0, 0.1) is 0 Å². The number of carbonyl (C=O) groups excluding carboxylic acids is 1. The Balaban J connectivity index is 2.23. The molecule has 2 aromatic rings. The molecule has 0 radical (unpaired) electrons. The molecule has 2 rings (SSSR count). The summed E-state index contributed by atoms with van der Waals surface area (Å²) in [5.41, 5.74) is 11.1. The molecular formula is C14H14ClN3OS. The summed E-state index contributed by atoms with van der Waals surface area (Å²) in [5, 5.41) is 1.15. The molecule has 0 saturated carbocycles. The molecule has 104 valence electrons. The molecule has 0 spiro atoms. The van der Waals surface area contributed by atoms with Gasteiger partial charge in [-0.05, 0) is 17.7 Å². The highest BCUT2D eigenvalue weighted by Crippen LogP contribution is 2.30. The first-order valence-electron chi connectivity index (χ1n) is 5.91. The van der Waals surface area contributed by atoms with E-state index in [0.29, 0.717) is 15.6 Å². The number of hydrogen-bond donors (Lipinski definition) is 2. The predicted molar refractivity (Wildman–Crippen MR) is 81.5 cm³/mol. The average molecular weight is 308 g/mol. The number of aromatic nitrogens is 1. The van der Waals surface area contributed by atoms with Crippen molar-refractivity contribution in [1.29, 1.82) is 0 Å². The maximum atomic E-state index is 11.8. The number of thioether (sulfide) groups is 1. The third-order valence-corrected chi connectivity index (χ3v) is 4.51. The van der Waals surface area contributed by atoms with Crippen molar-refractivity contribution in [1.82, 2.24) is 4.98 Å². The Labute approximate surface area is 126 Å².